The first-order chi connectivity index (χ1) is 7.56. The molecule has 88 valence electrons. The van der Waals surface area contributed by atoms with Crippen molar-refractivity contribution in [3.05, 3.63) is 42.2 Å². The Kier molecular flexibility index (Phi) is 4.64. The van der Waals surface area contributed by atoms with Crippen molar-refractivity contribution >= 4 is 10.0 Å². The average Bonchev–Trinajstić information content (AvgIpc) is 2.25. The largest absolute Gasteiger partial charge is 0.240 e. The Balaban J connectivity index is 2.67. The van der Waals surface area contributed by atoms with Crippen LogP contribution in [0.1, 0.15) is 13.3 Å². The van der Waals surface area contributed by atoms with Gasteiger partial charge in [-0.3, -0.25) is 0 Å². The van der Waals surface area contributed by atoms with Crippen molar-refractivity contribution in [2.75, 3.05) is 6.54 Å². The SMILES string of the molecule is C/C=C/CCNS(=O)(=O)c1ccc(F)cc1. The third-order valence-corrected chi connectivity index (χ3v) is 3.44. The predicted molar refractivity (Wildman–Crippen MR) is 61.0 cm³/mol. The lowest BCUT2D eigenvalue weighted by atomic mass is 10.4. The molecule has 0 saturated carbocycles. The van der Waals surface area contributed by atoms with E-state index in [4.69, 9.17) is 0 Å². The number of allylic oxidation sites excluding steroid dienone is 1. The summed E-state index contributed by atoms with van der Waals surface area (Å²) in [6, 6.07) is 4.74. The second-order valence-electron chi connectivity index (χ2n) is 3.21. The monoisotopic (exact) mass is 243 g/mol. The molecule has 0 aliphatic rings. The Morgan fingerprint density at radius 3 is 2.50 bits per heavy atom. The molecule has 1 rings (SSSR count). The summed E-state index contributed by atoms with van der Waals surface area (Å²) in [5, 5.41) is 0. The predicted octanol–water partition coefficient (Wildman–Crippen LogP) is 2.07. The van der Waals surface area contributed by atoms with Crippen LogP contribution in [-0.4, -0.2) is 15.0 Å². The zero-order chi connectivity index (χ0) is 12.0. The van der Waals surface area contributed by atoms with E-state index >= 15 is 0 Å². The Labute approximate surface area is 95.0 Å². The van der Waals surface area contributed by atoms with Crippen LogP contribution in [0.25, 0.3) is 0 Å². The van der Waals surface area contributed by atoms with Gasteiger partial charge in [0.05, 0.1) is 4.90 Å². The maximum Gasteiger partial charge on any atom is 0.240 e. The second-order valence-corrected chi connectivity index (χ2v) is 4.98. The van der Waals surface area contributed by atoms with E-state index < -0.39 is 15.8 Å². The van der Waals surface area contributed by atoms with E-state index in [0.29, 0.717) is 13.0 Å². The first-order valence-electron chi connectivity index (χ1n) is 4.92. The summed E-state index contributed by atoms with van der Waals surface area (Å²) in [5.41, 5.74) is 0. The van der Waals surface area contributed by atoms with Gasteiger partial charge in [-0.2, -0.15) is 0 Å². The van der Waals surface area contributed by atoms with Gasteiger partial charge in [-0.25, -0.2) is 17.5 Å². The zero-order valence-electron chi connectivity index (χ0n) is 8.98. The molecule has 0 saturated heterocycles. The highest BCUT2D eigenvalue weighted by atomic mass is 32.2. The minimum Gasteiger partial charge on any atom is -0.211 e. The van der Waals surface area contributed by atoms with Crippen molar-refractivity contribution in [1.82, 2.24) is 4.72 Å². The van der Waals surface area contributed by atoms with E-state index in [1.54, 1.807) is 0 Å². The lowest BCUT2D eigenvalue weighted by Crippen LogP contribution is -2.24. The minimum atomic E-state index is -3.51. The quantitative estimate of drug-likeness (QED) is 0.635. The molecule has 0 bridgehead atoms. The Bertz CT molecular complexity index is 451. The molecule has 16 heavy (non-hydrogen) atoms. The van der Waals surface area contributed by atoms with Gasteiger partial charge in [-0.05, 0) is 37.6 Å². The molecule has 0 amide bonds. The summed E-state index contributed by atoms with van der Waals surface area (Å²) < 4.78 is 38.3. The van der Waals surface area contributed by atoms with Gasteiger partial charge in [-0.15, -0.1) is 0 Å². The molecule has 1 aromatic carbocycles. The van der Waals surface area contributed by atoms with E-state index in [9.17, 15) is 12.8 Å². The smallest absolute Gasteiger partial charge is 0.211 e. The Hall–Kier alpha value is -1.20. The van der Waals surface area contributed by atoms with Gasteiger partial charge >= 0.3 is 0 Å². The molecule has 0 spiro atoms. The lowest BCUT2D eigenvalue weighted by molar-refractivity contribution is 0.581. The van der Waals surface area contributed by atoms with Gasteiger partial charge in [0.25, 0.3) is 0 Å². The molecule has 0 unspecified atom stereocenters. The fourth-order valence-electron chi connectivity index (χ4n) is 1.14. The van der Waals surface area contributed by atoms with E-state index in [-0.39, 0.29) is 4.90 Å². The number of rotatable bonds is 5. The fraction of sp³-hybridized carbons (Fsp3) is 0.273. The molecule has 1 aromatic rings. The van der Waals surface area contributed by atoms with Crippen LogP contribution in [-0.2, 0) is 10.0 Å². The molecular formula is C11H14FNO2S. The summed E-state index contributed by atoms with van der Waals surface area (Å²) in [6.45, 7) is 2.21. The van der Waals surface area contributed by atoms with Gasteiger partial charge in [0, 0.05) is 6.54 Å². The molecule has 0 aliphatic heterocycles. The van der Waals surface area contributed by atoms with E-state index in [1.807, 2.05) is 19.1 Å². The third-order valence-electron chi connectivity index (χ3n) is 1.96. The number of nitrogens with one attached hydrogen (secondary N) is 1. The Morgan fingerprint density at radius 1 is 1.31 bits per heavy atom. The van der Waals surface area contributed by atoms with E-state index in [0.717, 1.165) is 12.1 Å². The second kappa shape index (κ2) is 5.77. The maximum atomic E-state index is 12.6. The van der Waals surface area contributed by atoms with Crippen molar-refractivity contribution < 1.29 is 12.8 Å². The molecule has 5 heteroatoms. The van der Waals surface area contributed by atoms with Gasteiger partial charge < -0.3 is 0 Å². The van der Waals surface area contributed by atoms with Gasteiger partial charge in [0.1, 0.15) is 5.82 Å². The molecule has 1 N–H and O–H groups in total. The van der Waals surface area contributed by atoms with Gasteiger partial charge in [0.15, 0.2) is 0 Å². The topological polar surface area (TPSA) is 46.2 Å². The first-order valence-corrected chi connectivity index (χ1v) is 6.41. The van der Waals surface area contributed by atoms with E-state index in [1.165, 1.54) is 12.1 Å². The van der Waals surface area contributed by atoms with Crippen molar-refractivity contribution in [2.45, 2.75) is 18.2 Å². The first kappa shape index (κ1) is 12.9. The summed E-state index contributed by atoms with van der Waals surface area (Å²) in [4.78, 5) is 0.0781. The van der Waals surface area contributed by atoms with Crippen molar-refractivity contribution in [1.29, 1.82) is 0 Å². The van der Waals surface area contributed by atoms with Crippen LogP contribution in [0.2, 0.25) is 0 Å². The van der Waals surface area contributed by atoms with Crippen LogP contribution in [0.3, 0.4) is 0 Å². The highest BCUT2D eigenvalue weighted by Crippen LogP contribution is 2.09. The van der Waals surface area contributed by atoms with Crippen LogP contribution in [0.15, 0.2) is 41.3 Å². The van der Waals surface area contributed by atoms with Crippen molar-refractivity contribution in [3.8, 4) is 0 Å². The number of benzene rings is 1. The zero-order valence-corrected chi connectivity index (χ0v) is 9.80. The minimum absolute atomic E-state index is 0.0781. The summed E-state index contributed by atoms with van der Waals surface area (Å²) in [7, 11) is -3.51. The standard InChI is InChI=1S/C11H14FNO2S/c1-2-3-4-9-13-16(14,15)11-7-5-10(12)6-8-11/h2-3,5-8,13H,4,9H2,1H3/b3-2+. The third kappa shape index (κ3) is 3.75. The molecule has 3 nitrogen and oxygen atoms in total. The normalized spacial score (nSPS) is 12.1. The van der Waals surface area contributed by atoms with E-state index in [2.05, 4.69) is 4.72 Å². The molecule has 0 aromatic heterocycles. The number of hydrogen-bond donors (Lipinski definition) is 1. The van der Waals surface area contributed by atoms with Crippen LogP contribution in [0, 0.1) is 5.82 Å². The summed E-state index contributed by atoms with van der Waals surface area (Å²) >= 11 is 0. The molecule has 0 heterocycles. The molecular weight excluding hydrogens is 229 g/mol. The molecule has 0 atom stereocenters. The average molecular weight is 243 g/mol. The van der Waals surface area contributed by atoms with Crippen LogP contribution in [0.5, 0.6) is 0 Å². The van der Waals surface area contributed by atoms with Crippen LogP contribution >= 0.6 is 0 Å². The number of hydrogen-bond acceptors (Lipinski definition) is 2. The molecule has 0 aliphatic carbocycles. The lowest BCUT2D eigenvalue weighted by Gasteiger charge is -2.04. The molecule has 0 fully saturated rings. The Morgan fingerprint density at radius 2 is 1.94 bits per heavy atom. The molecule has 0 radical (unpaired) electrons. The van der Waals surface area contributed by atoms with Gasteiger partial charge in [0.2, 0.25) is 10.0 Å². The van der Waals surface area contributed by atoms with Crippen LogP contribution in [0.4, 0.5) is 4.39 Å². The number of halogens is 1. The maximum absolute atomic E-state index is 12.6. The fourth-order valence-corrected chi connectivity index (χ4v) is 2.19. The van der Waals surface area contributed by atoms with Crippen LogP contribution < -0.4 is 4.72 Å². The highest BCUT2D eigenvalue weighted by molar-refractivity contribution is 7.89. The summed E-state index contributed by atoms with van der Waals surface area (Å²) in [6.07, 6.45) is 4.36. The van der Waals surface area contributed by atoms with Crippen molar-refractivity contribution in [3.63, 3.8) is 0 Å². The van der Waals surface area contributed by atoms with Crippen molar-refractivity contribution in [2.24, 2.45) is 0 Å². The summed E-state index contributed by atoms with van der Waals surface area (Å²) in [5.74, 6) is -0.451. The highest BCUT2D eigenvalue weighted by Gasteiger charge is 2.12. The van der Waals surface area contributed by atoms with Gasteiger partial charge in [-0.1, -0.05) is 12.2 Å². The number of sulfonamides is 1.